The van der Waals surface area contributed by atoms with Crippen LogP contribution in [0.5, 0.6) is 0 Å². The summed E-state index contributed by atoms with van der Waals surface area (Å²) in [6, 6.07) is 11.0. The minimum absolute atomic E-state index is 0.0501. The number of hydrogen-bond acceptors (Lipinski definition) is 4. The van der Waals surface area contributed by atoms with Crippen LogP contribution in [0.15, 0.2) is 47.4 Å². The molecule has 1 heterocycles. The number of likely N-dealkylation sites (tertiary alicyclic amines) is 1. The van der Waals surface area contributed by atoms with E-state index >= 15 is 0 Å². The Bertz CT molecular complexity index is 1110. The summed E-state index contributed by atoms with van der Waals surface area (Å²) in [6.07, 6.45) is 1.27. The summed E-state index contributed by atoms with van der Waals surface area (Å²) in [6.45, 7) is 6.75. The molecule has 0 unspecified atom stereocenters. The summed E-state index contributed by atoms with van der Waals surface area (Å²) in [5, 5.41) is 3.09. The lowest BCUT2D eigenvalue weighted by Gasteiger charge is -2.33. The van der Waals surface area contributed by atoms with Gasteiger partial charge in [-0.3, -0.25) is 14.3 Å². The number of nitrogens with zero attached hydrogens (tertiary/aromatic N) is 1. The molecule has 1 saturated heterocycles. The van der Waals surface area contributed by atoms with Crippen LogP contribution in [0.25, 0.3) is 0 Å². The van der Waals surface area contributed by atoms with Gasteiger partial charge in [0.2, 0.25) is 5.91 Å². The van der Waals surface area contributed by atoms with Gasteiger partial charge in [-0.1, -0.05) is 37.6 Å². The van der Waals surface area contributed by atoms with Crippen LogP contribution < -0.4 is 10.0 Å². The smallest absolute Gasteiger partial charge is 0.261 e. The second kappa shape index (κ2) is 9.92. The van der Waals surface area contributed by atoms with E-state index in [0.29, 0.717) is 31.6 Å². The van der Waals surface area contributed by atoms with E-state index in [1.165, 1.54) is 18.2 Å². The summed E-state index contributed by atoms with van der Waals surface area (Å²) < 4.78 is 28.2. The van der Waals surface area contributed by atoms with Crippen molar-refractivity contribution in [3.05, 3.63) is 58.6 Å². The number of carbonyl (C=O) groups excluding carboxylic acids is 2. The Labute approximate surface area is 194 Å². The van der Waals surface area contributed by atoms with Crippen LogP contribution in [0.3, 0.4) is 0 Å². The molecule has 32 heavy (non-hydrogen) atoms. The predicted octanol–water partition coefficient (Wildman–Crippen LogP) is 3.83. The van der Waals surface area contributed by atoms with E-state index in [9.17, 15) is 18.0 Å². The first kappa shape index (κ1) is 24.1. The zero-order valence-corrected chi connectivity index (χ0v) is 20.0. The van der Waals surface area contributed by atoms with E-state index < -0.39 is 15.9 Å². The molecule has 0 spiro atoms. The number of benzene rings is 2. The van der Waals surface area contributed by atoms with Crippen LogP contribution >= 0.6 is 11.6 Å². The predicted molar refractivity (Wildman–Crippen MR) is 125 cm³/mol. The van der Waals surface area contributed by atoms with Crippen LogP contribution in [-0.2, 0) is 14.8 Å². The van der Waals surface area contributed by atoms with Gasteiger partial charge in [-0.25, -0.2) is 8.42 Å². The topological polar surface area (TPSA) is 95.6 Å². The maximum absolute atomic E-state index is 12.8. The molecule has 2 amide bonds. The maximum Gasteiger partial charge on any atom is 0.261 e. The Hall–Kier alpha value is -2.58. The third-order valence-corrected chi connectivity index (χ3v) is 7.11. The van der Waals surface area contributed by atoms with Gasteiger partial charge in [-0.2, -0.15) is 0 Å². The molecule has 2 N–H and O–H groups in total. The van der Waals surface area contributed by atoms with E-state index in [-0.39, 0.29) is 33.3 Å². The molecule has 3 rings (SSSR count). The highest BCUT2D eigenvalue weighted by atomic mass is 35.5. The fourth-order valence-corrected chi connectivity index (χ4v) is 4.92. The molecule has 0 radical (unpaired) electrons. The van der Waals surface area contributed by atoms with Crippen LogP contribution in [0.1, 0.15) is 42.6 Å². The molecule has 1 aliphatic heterocycles. The number of anilines is 1. The first-order valence-electron chi connectivity index (χ1n) is 10.6. The molecular weight excluding hydrogens is 450 g/mol. The van der Waals surface area contributed by atoms with Crippen molar-refractivity contribution in [3.8, 4) is 0 Å². The highest BCUT2D eigenvalue weighted by molar-refractivity contribution is 7.92. The standard InChI is InChI=1S/C23H28ClN3O4S/c1-15(2)23(29)27-11-9-17(10-12-27)25-22(28)20-14-19(7-8-21(20)24)32(30,31)26-18-6-4-5-16(3)13-18/h4-8,13-15,17,26H,9-12H2,1-3H3,(H,25,28). The average Bonchev–Trinajstić information content (AvgIpc) is 2.73. The Morgan fingerprint density at radius 3 is 2.41 bits per heavy atom. The van der Waals surface area contributed by atoms with E-state index in [4.69, 9.17) is 11.6 Å². The van der Waals surface area contributed by atoms with Gasteiger partial charge in [-0.15, -0.1) is 0 Å². The van der Waals surface area contributed by atoms with Gasteiger partial charge in [0, 0.05) is 30.7 Å². The van der Waals surface area contributed by atoms with Crippen LogP contribution in [0.4, 0.5) is 5.69 Å². The monoisotopic (exact) mass is 477 g/mol. The van der Waals surface area contributed by atoms with E-state index in [1.54, 1.807) is 18.2 Å². The number of halogens is 1. The van der Waals surface area contributed by atoms with Crippen molar-refractivity contribution in [1.82, 2.24) is 10.2 Å². The Morgan fingerprint density at radius 1 is 1.09 bits per heavy atom. The summed E-state index contributed by atoms with van der Waals surface area (Å²) in [5.74, 6) is -0.383. The number of rotatable bonds is 6. The molecule has 2 aromatic carbocycles. The van der Waals surface area contributed by atoms with Gasteiger partial charge in [-0.05, 0) is 55.7 Å². The minimum Gasteiger partial charge on any atom is -0.349 e. The van der Waals surface area contributed by atoms with E-state index in [2.05, 4.69) is 10.0 Å². The first-order chi connectivity index (χ1) is 15.1. The molecule has 0 aromatic heterocycles. The van der Waals surface area contributed by atoms with Crippen molar-refractivity contribution in [3.63, 3.8) is 0 Å². The van der Waals surface area contributed by atoms with Crippen LogP contribution in [0, 0.1) is 12.8 Å². The van der Waals surface area contributed by atoms with Gasteiger partial charge in [0.25, 0.3) is 15.9 Å². The fraction of sp³-hybridized carbons (Fsp3) is 0.391. The van der Waals surface area contributed by atoms with Crippen molar-refractivity contribution in [2.45, 2.75) is 44.6 Å². The number of nitrogens with one attached hydrogen (secondary N) is 2. The highest BCUT2D eigenvalue weighted by Gasteiger charge is 2.26. The summed E-state index contributed by atoms with van der Waals surface area (Å²) in [7, 11) is -3.89. The van der Waals surface area contributed by atoms with Crippen LogP contribution in [-0.4, -0.2) is 44.3 Å². The molecule has 9 heteroatoms. The Morgan fingerprint density at radius 2 is 1.78 bits per heavy atom. The fourth-order valence-electron chi connectivity index (χ4n) is 3.64. The van der Waals surface area contributed by atoms with Gasteiger partial charge in [0.1, 0.15) is 0 Å². The van der Waals surface area contributed by atoms with Crippen molar-refractivity contribution in [2.75, 3.05) is 17.8 Å². The third kappa shape index (κ3) is 5.81. The molecule has 1 fully saturated rings. The molecule has 0 bridgehead atoms. The van der Waals surface area contributed by atoms with Crippen LogP contribution in [0.2, 0.25) is 5.02 Å². The number of carbonyl (C=O) groups is 2. The Balaban J connectivity index is 1.70. The lowest BCUT2D eigenvalue weighted by molar-refractivity contribution is -0.135. The number of hydrogen-bond donors (Lipinski definition) is 2. The normalized spacial score (nSPS) is 15.0. The lowest BCUT2D eigenvalue weighted by Crippen LogP contribution is -2.47. The van der Waals surface area contributed by atoms with E-state index in [0.717, 1.165) is 5.56 Å². The average molecular weight is 478 g/mol. The minimum atomic E-state index is -3.89. The highest BCUT2D eigenvalue weighted by Crippen LogP contribution is 2.24. The van der Waals surface area contributed by atoms with Gasteiger partial charge in [0.05, 0.1) is 15.5 Å². The number of sulfonamides is 1. The number of piperidine rings is 1. The van der Waals surface area contributed by atoms with Gasteiger partial charge in [0.15, 0.2) is 0 Å². The molecule has 1 aliphatic rings. The molecule has 172 valence electrons. The molecule has 0 saturated carbocycles. The summed E-state index contributed by atoms with van der Waals surface area (Å²) in [4.78, 5) is 26.7. The van der Waals surface area contributed by atoms with Crippen molar-refractivity contribution in [2.24, 2.45) is 5.92 Å². The lowest BCUT2D eigenvalue weighted by atomic mass is 10.0. The molecule has 2 aromatic rings. The van der Waals surface area contributed by atoms with Crippen molar-refractivity contribution in [1.29, 1.82) is 0 Å². The Kier molecular flexibility index (Phi) is 7.46. The maximum atomic E-state index is 12.8. The zero-order chi connectivity index (χ0) is 23.5. The second-order valence-corrected chi connectivity index (χ2v) is 10.4. The summed E-state index contributed by atoms with van der Waals surface area (Å²) >= 11 is 6.21. The molecular formula is C23H28ClN3O4S. The van der Waals surface area contributed by atoms with Gasteiger partial charge < -0.3 is 10.2 Å². The third-order valence-electron chi connectivity index (χ3n) is 5.40. The van der Waals surface area contributed by atoms with E-state index in [1.807, 2.05) is 31.7 Å². The molecule has 0 aliphatic carbocycles. The molecule has 0 atom stereocenters. The molecule has 7 nitrogen and oxygen atoms in total. The number of amides is 2. The zero-order valence-electron chi connectivity index (χ0n) is 18.4. The SMILES string of the molecule is Cc1cccc(NS(=O)(=O)c2ccc(Cl)c(C(=O)NC3CCN(C(=O)C(C)C)CC3)c2)c1. The quantitative estimate of drug-likeness (QED) is 0.661. The number of aryl methyl sites for hydroxylation is 1. The largest absolute Gasteiger partial charge is 0.349 e. The van der Waals surface area contributed by atoms with Crippen molar-refractivity contribution < 1.29 is 18.0 Å². The van der Waals surface area contributed by atoms with Crippen molar-refractivity contribution >= 4 is 39.1 Å². The second-order valence-electron chi connectivity index (χ2n) is 8.34. The first-order valence-corrected chi connectivity index (χ1v) is 12.4. The van der Waals surface area contributed by atoms with Gasteiger partial charge >= 0.3 is 0 Å². The summed E-state index contributed by atoms with van der Waals surface area (Å²) in [5.41, 5.74) is 1.45.